The molecule has 0 saturated heterocycles. The third-order valence-corrected chi connectivity index (χ3v) is 3.74. The molecule has 5 nitrogen and oxygen atoms in total. The topological polar surface area (TPSA) is 79.2 Å². The molecule has 0 spiro atoms. The summed E-state index contributed by atoms with van der Waals surface area (Å²) in [6.45, 7) is 1.64. The molecule has 0 aliphatic heterocycles. The molecule has 0 radical (unpaired) electrons. The van der Waals surface area contributed by atoms with Crippen molar-refractivity contribution in [1.82, 2.24) is 0 Å². The van der Waals surface area contributed by atoms with E-state index in [1.807, 2.05) is 6.07 Å². The minimum Gasteiger partial charge on any atom is -0.484 e. The number of amides is 1. The highest BCUT2D eigenvalue weighted by Gasteiger charge is 2.09. The van der Waals surface area contributed by atoms with Crippen molar-refractivity contribution in [1.29, 1.82) is 5.26 Å². The Balaban J connectivity index is 1.89. The molecule has 1 aromatic carbocycles. The first-order valence-electron chi connectivity index (χ1n) is 6.67. The fraction of sp³-hybridized carbons (Fsp3) is 0.188. The molecule has 0 saturated carbocycles. The maximum absolute atomic E-state index is 11.8. The van der Waals surface area contributed by atoms with Gasteiger partial charge in [-0.15, -0.1) is 11.3 Å². The summed E-state index contributed by atoms with van der Waals surface area (Å²) in [5.41, 5.74) is 1.05. The van der Waals surface area contributed by atoms with Crippen LogP contribution in [0.4, 0.5) is 5.00 Å². The van der Waals surface area contributed by atoms with Crippen LogP contribution >= 0.6 is 11.3 Å². The fourth-order valence-corrected chi connectivity index (χ4v) is 2.50. The first-order valence-corrected chi connectivity index (χ1v) is 7.55. The van der Waals surface area contributed by atoms with E-state index in [1.54, 1.807) is 42.6 Å². The van der Waals surface area contributed by atoms with Gasteiger partial charge in [0.2, 0.25) is 0 Å². The number of hydrogen-bond donors (Lipinski definition) is 1. The highest BCUT2D eigenvalue weighted by atomic mass is 32.1. The summed E-state index contributed by atoms with van der Waals surface area (Å²) in [5.74, 6) is 0.230. The third-order valence-electron chi connectivity index (χ3n) is 2.91. The average molecular weight is 314 g/mol. The van der Waals surface area contributed by atoms with Crippen LogP contribution < -0.4 is 10.1 Å². The molecule has 112 valence electrons. The summed E-state index contributed by atoms with van der Waals surface area (Å²) in [7, 11) is 0. The van der Waals surface area contributed by atoms with Gasteiger partial charge in [0.1, 0.15) is 16.8 Å². The summed E-state index contributed by atoms with van der Waals surface area (Å²) >= 11 is 1.28. The molecule has 1 amide bonds. The molecule has 0 aliphatic carbocycles. The largest absolute Gasteiger partial charge is 0.484 e. The maximum Gasteiger partial charge on any atom is 0.262 e. The Morgan fingerprint density at radius 3 is 2.64 bits per heavy atom. The Morgan fingerprint density at radius 1 is 1.27 bits per heavy atom. The quantitative estimate of drug-likeness (QED) is 0.830. The Labute approximate surface area is 132 Å². The molecule has 1 aromatic heterocycles. The van der Waals surface area contributed by atoms with E-state index in [0.717, 1.165) is 0 Å². The van der Waals surface area contributed by atoms with Crippen LogP contribution in [0, 0.1) is 11.3 Å². The molecule has 1 N–H and O–H groups in total. The van der Waals surface area contributed by atoms with Crippen LogP contribution in [0.1, 0.15) is 29.3 Å². The van der Waals surface area contributed by atoms with Crippen molar-refractivity contribution in [3.05, 3.63) is 46.8 Å². The Kier molecular flexibility index (Phi) is 5.28. The summed E-state index contributed by atoms with van der Waals surface area (Å²) in [4.78, 5) is 23.3. The van der Waals surface area contributed by atoms with Crippen LogP contribution in [-0.4, -0.2) is 18.3 Å². The van der Waals surface area contributed by atoms with Crippen molar-refractivity contribution < 1.29 is 14.3 Å². The number of nitriles is 1. The van der Waals surface area contributed by atoms with Gasteiger partial charge in [0.25, 0.3) is 5.91 Å². The van der Waals surface area contributed by atoms with E-state index in [9.17, 15) is 9.59 Å². The van der Waals surface area contributed by atoms with E-state index in [0.29, 0.717) is 28.3 Å². The molecule has 2 aromatic rings. The lowest BCUT2D eigenvalue weighted by atomic mass is 10.1. The fourth-order valence-electron chi connectivity index (χ4n) is 1.75. The van der Waals surface area contributed by atoms with Gasteiger partial charge >= 0.3 is 0 Å². The second-order valence-corrected chi connectivity index (χ2v) is 5.33. The molecular weight excluding hydrogens is 300 g/mol. The summed E-state index contributed by atoms with van der Waals surface area (Å²) in [5, 5.41) is 13.7. The second-order valence-electron chi connectivity index (χ2n) is 4.41. The molecule has 2 rings (SSSR count). The SMILES string of the molecule is CCC(=O)c1ccc(OCC(=O)Nc2sccc2C#N)cc1. The molecule has 0 fully saturated rings. The lowest BCUT2D eigenvalue weighted by Crippen LogP contribution is -2.20. The normalized spacial score (nSPS) is 9.82. The number of ketones is 1. The van der Waals surface area contributed by atoms with Gasteiger partial charge in [-0.25, -0.2) is 0 Å². The summed E-state index contributed by atoms with van der Waals surface area (Å²) in [6, 6.07) is 10.3. The minimum absolute atomic E-state index is 0.0611. The Morgan fingerprint density at radius 2 is 2.00 bits per heavy atom. The van der Waals surface area contributed by atoms with Crippen molar-refractivity contribution in [3.8, 4) is 11.8 Å². The van der Waals surface area contributed by atoms with Gasteiger partial charge in [-0.05, 0) is 35.7 Å². The van der Waals surface area contributed by atoms with Gasteiger partial charge in [-0.2, -0.15) is 5.26 Å². The number of hydrogen-bond acceptors (Lipinski definition) is 5. The van der Waals surface area contributed by atoms with Crippen LogP contribution in [0.2, 0.25) is 0 Å². The van der Waals surface area contributed by atoms with Crippen LogP contribution in [0.3, 0.4) is 0 Å². The lowest BCUT2D eigenvalue weighted by molar-refractivity contribution is -0.118. The molecular formula is C16H14N2O3S. The van der Waals surface area contributed by atoms with Crippen molar-refractivity contribution >= 4 is 28.0 Å². The second kappa shape index (κ2) is 7.38. The van der Waals surface area contributed by atoms with E-state index in [-0.39, 0.29) is 18.3 Å². The monoisotopic (exact) mass is 314 g/mol. The molecule has 0 aliphatic rings. The molecule has 6 heteroatoms. The van der Waals surface area contributed by atoms with Crippen LogP contribution in [0.25, 0.3) is 0 Å². The first kappa shape index (κ1) is 15.7. The zero-order chi connectivity index (χ0) is 15.9. The minimum atomic E-state index is -0.340. The van der Waals surface area contributed by atoms with Crippen LogP contribution in [0.5, 0.6) is 5.75 Å². The number of nitrogens with zero attached hydrogens (tertiary/aromatic N) is 1. The Bertz CT molecular complexity index is 714. The van der Waals surface area contributed by atoms with Crippen molar-refractivity contribution in [2.24, 2.45) is 0 Å². The van der Waals surface area contributed by atoms with E-state index in [2.05, 4.69) is 5.32 Å². The predicted octanol–water partition coefficient (Wildman–Crippen LogP) is 3.23. The van der Waals surface area contributed by atoms with Gasteiger partial charge in [0.15, 0.2) is 12.4 Å². The number of benzene rings is 1. The molecule has 22 heavy (non-hydrogen) atoms. The molecule has 0 bridgehead atoms. The van der Waals surface area contributed by atoms with E-state index in [4.69, 9.17) is 10.00 Å². The van der Waals surface area contributed by atoms with Crippen LogP contribution in [-0.2, 0) is 4.79 Å². The number of ether oxygens (including phenoxy) is 1. The number of carbonyl (C=O) groups excluding carboxylic acids is 2. The van der Waals surface area contributed by atoms with Crippen LogP contribution in [0.15, 0.2) is 35.7 Å². The van der Waals surface area contributed by atoms with E-state index < -0.39 is 0 Å². The highest BCUT2D eigenvalue weighted by molar-refractivity contribution is 7.14. The Hall–Kier alpha value is -2.65. The van der Waals surface area contributed by atoms with Gasteiger partial charge in [-0.3, -0.25) is 9.59 Å². The summed E-state index contributed by atoms with van der Waals surface area (Å²) in [6.07, 6.45) is 0.449. The average Bonchev–Trinajstić information content (AvgIpc) is 2.99. The van der Waals surface area contributed by atoms with Crippen molar-refractivity contribution in [2.45, 2.75) is 13.3 Å². The van der Waals surface area contributed by atoms with Crippen molar-refractivity contribution in [3.63, 3.8) is 0 Å². The first-order chi connectivity index (χ1) is 10.6. The van der Waals surface area contributed by atoms with E-state index >= 15 is 0 Å². The van der Waals surface area contributed by atoms with Gasteiger partial charge < -0.3 is 10.1 Å². The number of rotatable bonds is 6. The number of nitrogens with one attached hydrogen (secondary N) is 1. The number of Topliss-reactive ketones (excluding diaryl/α,β-unsaturated/α-hetero) is 1. The zero-order valence-electron chi connectivity index (χ0n) is 12.0. The van der Waals surface area contributed by atoms with Crippen molar-refractivity contribution in [2.75, 3.05) is 11.9 Å². The standard InChI is InChI=1S/C16H14N2O3S/c1-2-14(19)11-3-5-13(6-4-11)21-10-15(20)18-16-12(9-17)7-8-22-16/h3-8H,2,10H2,1H3,(H,18,20). The highest BCUT2D eigenvalue weighted by Crippen LogP contribution is 2.22. The number of anilines is 1. The van der Waals surface area contributed by atoms with Gasteiger partial charge in [0, 0.05) is 12.0 Å². The van der Waals surface area contributed by atoms with Gasteiger partial charge in [0.05, 0.1) is 5.56 Å². The number of thiophene rings is 1. The number of carbonyl (C=O) groups is 2. The molecule has 0 atom stereocenters. The lowest BCUT2D eigenvalue weighted by Gasteiger charge is -2.07. The maximum atomic E-state index is 11.8. The zero-order valence-corrected chi connectivity index (χ0v) is 12.8. The summed E-state index contributed by atoms with van der Waals surface area (Å²) < 4.78 is 5.36. The molecule has 1 heterocycles. The van der Waals surface area contributed by atoms with E-state index in [1.165, 1.54) is 11.3 Å². The predicted molar refractivity (Wildman–Crippen MR) is 84.2 cm³/mol. The smallest absolute Gasteiger partial charge is 0.262 e. The molecule has 0 unspecified atom stereocenters. The third kappa shape index (κ3) is 3.93. The van der Waals surface area contributed by atoms with Gasteiger partial charge in [-0.1, -0.05) is 6.92 Å².